The third-order valence-electron chi connectivity index (χ3n) is 2.10. The maximum Gasteiger partial charge on any atom is 0.319 e. The number of urea groups is 1. The summed E-state index contributed by atoms with van der Waals surface area (Å²) >= 11 is 3.24. The number of nitrogens with zero attached hydrogens (tertiary/aromatic N) is 1. The van der Waals surface area contributed by atoms with Crippen LogP contribution in [0.3, 0.4) is 0 Å². The Morgan fingerprint density at radius 2 is 2.16 bits per heavy atom. The van der Waals surface area contributed by atoms with E-state index >= 15 is 0 Å². The number of carbonyl (C=O) groups excluding carboxylic acids is 1. The van der Waals surface area contributed by atoms with Crippen molar-refractivity contribution >= 4 is 37.5 Å². The Morgan fingerprint density at radius 1 is 1.47 bits per heavy atom. The lowest BCUT2D eigenvalue weighted by Gasteiger charge is -2.09. The molecule has 1 aromatic carbocycles. The van der Waals surface area contributed by atoms with Gasteiger partial charge in [0.05, 0.1) is 23.1 Å². The summed E-state index contributed by atoms with van der Waals surface area (Å²) in [5, 5.41) is 13.7. The van der Waals surface area contributed by atoms with Gasteiger partial charge in [-0.1, -0.05) is 0 Å². The highest BCUT2D eigenvalue weighted by Crippen LogP contribution is 2.23. The third kappa shape index (κ3) is 5.72. The predicted octanol–water partition coefficient (Wildman–Crippen LogP) is 1.49. The summed E-state index contributed by atoms with van der Waals surface area (Å²) in [7, 11) is -3.11. The van der Waals surface area contributed by atoms with Crippen LogP contribution in [0.25, 0.3) is 0 Å². The molecule has 19 heavy (non-hydrogen) atoms. The lowest BCUT2D eigenvalue weighted by molar-refractivity contribution is 0.252. The van der Waals surface area contributed by atoms with E-state index in [0.717, 1.165) is 6.26 Å². The monoisotopic (exact) mass is 345 g/mol. The van der Waals surface area contributed by atoms with Gasteiger partial charge in [0.1, 0.15) is 9.84 Å². The fourth-order valence-electron chi connectivity index (χ4n) is 1.21. The first-order valence-electron chi connectivity index (χ1n) is 5.24. The highest BCUT2D eigenvalue weighted by Gasteiger charge is 2.07. The first-order valence-corrected chi connectivity index (χ1v) is 8.09. The summed E-state index contributed by atoms with van der Waals surface area (Å²) in [5.74, 6) is -0.125. The van der Waals surface area contributed by atoms with Gasteiger partial charge in [-0.2, -0.15) is 5.26 Å². The number of sulfone groups is 1. The van der Waals surface area contributed by atoms with Crippen molar-refractivity contribution in [1.29, 1.82) is 5.26 Å². The van der Waals surface area contributed by atoms with E-state index in [1.54, 1.807) is 12.1 Å². The number of amides is 2. The van der Waals surface area contributed by atoms with Gasteiger partial charge in [0.25, 0.3) is 0 Å². The molecule has 0 unspecified atom stereocenters. The Bertz CT molecular complexity index is 623. The number of benzene rings is 1. The van der Waals surface area contributed by atoms with Crippen LogP contribution >= 0.6 is 15.9 Å². The van der Waals surface area contributed by atoms with E-state index in [1.807, 2.05) is 6.07 Å². The number of hydrogen-bond acceptors (Lipinski definition) is 4. The number of anilines is 1. The predicted molar refractivity (Wildman–Crippen MR) is 75.6 cm³/mol. The van der Waals surface area contributed by atoms with E-state index in [0.29, 0.717) is 15.7 Å². The maximum absolute atomic E-state index is 11.5. The Kier molecular flexibility index (Phi) is 5.32. The molecule has 0 spiro atoms. The smallest absolute Gasteiger partial charge is 0.319 e. The van der Waals surface area contributed by atoms with Crippen LogP contribution in [-0.2, 0) is 9.84 Å². The first kappa shape index (κ1) is 15.5. The van der Waals surface area contributed by atoms with Crippen LogP contribution < -0.4 is 10.6 Å². The third-order valence-corrected chi connectivity index (χ3v) is 3.74. The van der Waals surface area contributed by atoms with Gasteiger partial charge >= 0.3 is 6.03 Å². The van der Waals surface area contributed by atoms with Gasteiger partial charge in [0.15, 0.2) is 0 Å². The van der Waals surface area contributed by atoms with Gasteiger partial charge in [-0.3, -0.25) is 0 Å². The van der Waals surface area contributed by atoms with E-state index in [1.165, 1.54) is 6.07 Å². The lowest BCUT2D eigenvalue weighted by Crippen LogP contribution is -2.32. The summed E-state index contributed by atoms with van der Waals surface area (Å²) in [6, 6.07) is 6.20. The molecule has 0 saturated heterocycles. The molecular weight excluding hydrogens is 334 g/mol. The van der Waals surface area contributed by atoms with E-state index in [4.69, 9.17) is 5.26 Å². The first-order chi connectivity index (χ1) is 8.81. The van der Waals surface area contributed by atoms with Crippen LogP contribution in [-0.4, -0.2) is 33.0 Å². The summed E-state index contributed by atoms with van der Waals surface area (Å²) in [4.78, 5) is 11.5. The molecule has 0 radical (unpaired) electrons. The normalized spacial score (nSPS) is 10.6. The number of hydrogen-bond donors (Lipinski definition) is 2. The van der Waals surface area contributed by atoms with Crippen LogP contribution in [0.2, 0.25) is 0 Å². The largest absolute Gasteiger partial charge is 0.337 e. The number of halogens is 1. The fourth-order valence-corrected chi connectivity index (χ4v) is 2.03. The number of nitrogens with one attached hydrogen (secondary N) is 2. The quantitative estimate of drug-likeness (QED) is 0.863. The molecule has 0 saturated carbocycles. The Labute approximate surface area is 119 Å². The van der Waals surface area contributed by atoms with Crippen molar-refractivity contribution in [3.8, 4) is 6.07 Å². The topological polar surface area (TPSA) is 99.1 Å². The number of rotatable bonds is 4. The van der Waals surface area contributed by atoms with Crippen molar-refractivity contribution < 1.29 is 13.2 Å². The molecule has 1 rings (SSSR count). The van der Waals surface area contributed by atoms with Gasteiger partial charge < -0.3 is 10.6 Å². The molecule has 2 amide bonds. The summed E-state index contributed by atoms with van der Waals surface area (Å²) in [6.45, 7) is 0.0280. The second kappa shape index (κ2) is 6.54. The molecule has 0 atom stereocenters. The summed E-state index contributed by atoms with van der Waals surface area (Å²) < 4.78 is 22.4. The average molecular weight is 346 g/mol. The van der Waals surface area contributed by atoms with Crippen molar-refractivity contribution in [2.24, 2.45) is 0 Å². The van der Waals surface area contributed by atoms with Crippen LogP contribution in [0.15, 0.2) is 22.7 Å². The van der Waals surface area contributed by atoms with Gasteiger partial charge in [0, 0.05) is 17.3 Å². The SMILES string of the molecule is CS(=O)(=O)CCNC(=O)Nc1cc(C#N)ccc1Br. The molecule has 6 nitrogen and oxygen atoms in total. The van der Waals surface area contributed by atoms with Crippen molar-refractivity contribution in [3.05, 3.63) is 28.2 Å². The summed E-state index contributed by atoms with van der Waals surface area (Å²) in [6.07, 6.45) is 1.10. The molecule has 0 fully saturated rings. The molecule has 0 aliphatic rings. The zero-order valence-electron chi connectivity index (χ0n) is 10.1. The number of carbonyl (C=O) groups is 1. The fraction of sp³-hybridized carbons (Fsp3) is 0.273. The molecule has 0 aliphatic carbocycles. The molecule has 0 aromatic heterocycles. The van der Waals surface area contributed by atoms with E-state index in [9.17, 15) is 13.2 Å². The van der Waals surface area contributed by atoms with E-state index in [-0.39, 0.29) is 12.3 Å². The molecule has 1 aromatic rings. The zero-order chi connectivity index (χ0) is 14.5. The van der Waals surface area contributed by atoms with Crippen LogP contribution in [0.1, 0.15) is 5.56 Å². The molecule has 0 heterocycles. The minimum absolute atomic E-state index is 0.0280. The molecule has 0 bridgehead atoms. The number of nitriles is 1. The zero-order valence-corrected chi connectivity index (χ0v) is 12.5. The second-order valence-corrected chi connectivity index (χ2v) is 6.93. The minimum Gasteiger partial charge on any atom is -0.337 e. The average Bonchev–Trinajstić information content (AvgIpc) is 2.30. The van der Waals surface area contributed by atoms with E-state index < -0.39 is 15.9 Å². The Morgan fingerprint density at radius 3 is 2.74 bits per heavy atom. The maximum atomic E-state index is 11.5. The minimum atomic E-state index is -3.11. The molecule has 102 valence electrons. The van der Waals surface area contributed by atoms with E-state index in [2.05, 4.69) is 26.6 Å². The van der Waals surface area contributed by atoms with Crippen LogP contribution in [0.4, 0.5) is 10.5 Å². The second-order valence-electron chi connectivity index (χ2n) is 3.82. The summed E-state index contributed by atoms with van der Waals surface area (Å²) in [5.41, 5.74) is 0.852. The molecule has 0 aliphatic heterocycles. The van der Waals surface area contributed by atoms with Crippen molar-refractivity contribution in [2.45, 2.75) is 0 Å². The lowest BCUT2D eigenvalue weighted by atomic mass is 10.2. The van der Waals surface area contributed by atoms with Crippen LogP contribution in [0, 0.1) is 11.3 Å². The van der Waals surface area contributed by atoms with Crippen molar-refractivity contribution in [1.82, 2.24) is 5.32 Å². The molecular formula is C11H12BrN3O3S. The Hall–Kier alpha value is -1.59. The molecule has 8 heteroatoms. The Balaban J connectivity index is 2.60. The van der Waals surface area contributed by atoms with Gasteiger partial charge in [0.2, 0.25) is 0 Å². The van der Waals surface area contributed by atoms with Gasteiger partial charge in [-0.15, -0.1) is 0 Å². The standard InChI is InChI=1S/C11H12BrN3O3S/c1-19(17,18)5-4-14-11(16)15-10-6-8(7-13)2-3-9(10)12/h2-3,6H,4-5H2,1H3,(H2,14,15,16). The van der Waals surface area contributed by atoms with Gasteiger partial charge in [-0.05, 0) is 34.1 Å². The van der Waals surface area contributed by atoms with Gasteiger partial charge in [-0.25, -0.2) is 13.2 Å². The van der Waals surface area contributed by atoms with Crippen molar-refractivity contribution in [3.63, 3.8) is 0 Å². The van der Waals surface area contributed by atoms with Crippen molar-refractivity contribution in [2.75, 3.05) is 23.9 Å². The highest BCUT2D eigenvalue weighted by molar-refractivity contribution is 9.10. The van der Waals surface area contributed by atoms with Crippen LogP contribution in [0.5, 0.6) is 0 Å². The molecule has 2 N–H and O–H groups in total. The highest BCUT2D eigenvalue weighted by atomic mass is 79.9.